The number of nitrogens with two attached hydrogens (primary N) is 1. The van der Waals surface area contributed by atoms with E-state index in [1.165, 1.54) is 10.8 Å². The van der Waals surface area contributed by atoms with E-state index in [1.54, 1.807) is 17.3 Å². The maximum absolute atomic E-state index is 12.7. The number of carbonyl (C=O) groups excluding carboxylic acids is 1. The SMILES string of the molecule is CC(C)[C@H]1CN[C@H](O)[C@@]2(O)[C@H](OC3CCC4C(C3)OC(C(N)=O)C(C3CCC(O)CC3)C4O)O[C@H](C(=O)O)[C@@H](O)[C@@H]2OCSSC[C@@H]1C1=C[CH+]N=C1. The van der Waals surface area contributed by atoms with Crippen LogP contribution in [0.1, 0.15) is 58.8 Å². The molecule has 14 atom stereocenters. The van der Waals surface area contributed by atoms with Gasteiger partial charge in [-0.25, -0.2) is 4.79 Å². The van der Waals surface area contributed by atoms with Gasteiger partial charge in [-0.3, -0.25) is 10.1 Å². The van der Waals surface area contributed by atoms with E-state index < -0.39 is 84.7 Å². The van der Waals surface area contributed by atoms with E-state index in [9.17, 15) is 40.2 Å². The van der Waals surface area contributed by atoms with E-state index in [-0.39, 0.29) is 48.5 Å². The van der Waals surface area contributed by atoms with Crippen molar-refractivity contribution in [3.63, 3.8) is 0 Å². The molecule has 0 radical (unpaired) electrons. The second-order valence-corrected chi connectivity index (χ2v) is 18.0. The molecule has 0 aromatic heterocycles. The van der Waals surface area contributed by atoms with Gasteiger partial charge < -0.3 is 55.3 Å². The summed E-state index contributed by atoms with van der Waals surface area (Å²) in [5, 5.41) is 70.2. The molecule has 0 aromatic carbocycles. The van der Waals surface area contributed by atoms with Gasteiger partial charge in [-0.15, -0.1) is 4.99 Å². The van der Waals surface area contributed by atoms with Gasteiger partial charge in [0, 0.05) is 30.6 Å². The third kappa shape index (κ3) is 8.21. The summed E-state index contributed by atoms with van der Waals surface area (Å²) in [5.41, 5.74) is 4.38. The topological polar surface area (TPSA) is 243 Å². The van der Waals surface area contributed by atoms with Crippen LogP contribution in [0.2, 0.25) is 0 Å². The number of hydrogen-bond donors (Lipinski definition) is 8. The molecule has 0 aromatic rings. The van der Waals surface area contributed by atoms with E-state index in [0.29, 0.717) is 44.3 Å². The maximum atomic E-state index is 12.7. The molecule has 52 heavy (non-hydrogen) atoms. The summed E-state index contributed by atoms with van der Waals surface area (Å²) in [5.74, 6) is -2.23. The monoisotopic (exact) mass is 772 g/mol. The van der Waals surface area contributed by atoms with Crippen LogP contribution in [0.15, 0.2) is 16.6 Å². The summed E-state index contributed by atoms with van der Waals surface area (Å²) in [4.78, 5) is 29.3. The predicted molar refractivity (Wildman–Crippen MR) is 191 cm³/mol. The number of carboxylic acids is 1. The Morgan fingerprint density at radius 2 is 1.81 bits per heavy atom. The number of rotatable bonds is 7. The van der Waals surface area contributed by atoms with Crippen LogP contribution in [-0.4, -0.2) is 134 Å². The van der Waals surface area contributed by atoms with Gasteiger partial charge in [0.2, 0.25) is 5.91 Å². The Morgan fingerprint density at radius 3 is 2.46 bits per heavy atom. The van der Waals surface area contributed by atoms with Crippen molar-refractivity contribution in [1.82, 2.24) is 5.32 Å². The van der Waals surface area contributed by atoms with Gasteiger partial charge in [-0.1, -0.05) is 35.4 Å². The van der Waals surface area contributed by atoms with Crippen molar-refractivity contribution < 1.29 is 59.2 Å². The van der Waals surface area contributed by atoms with Gasteiger partial charge in [0.05, 0.1) is 36.4 Å². The highest BCUT2D eigenvalue weighted by atomic mass is 33.1. The van der Waals surface area contributed by atoms with Crippen LogP contribution < -0.4 is 11.1 Å². The molecule has 9 N–H and O–H groups in total. The predicted octanol–water partition coefficient (Wildman–Crippen LogP) is 0.561. The summed E-state index contributed by atoms with van der Waals surface area (Å²) >= 11 is 0. The fraction of sp³-hybridized carbons (Fsp3) is 0.829. The Bertz CT molecular complexity index is 1320. The van der Waals surface area contributed by atoms with Crippen molar-refractivity contribution in [2.75, 3.05) is 18.2 Å². The highest BCUT2D eigenvalue weighted by Crippen LogP contribution is 2.47. The number of aliphatic hydroxyl groups is 5. The zero-order valence-electron chi connectivity index (χ0n) is 29.5. The molecule has 15 nitrogen and oxygen atoms in total. The van der Waals surface area contributed by atoms with Gasteiger partial charge in [-0.05, 0) is 56.3 Å². The number of nitrogens with one attached hydrogen (secondary N) is 1. The normalized spacial score (nSPS) is 46.2. The average molecular weight is 773 g/mol. The summed E-state index contributed by atoms with van der Waals surface area (Å²) in [6, 6.07) is 0. The quantitative estimate of drug-likeness (QED) is 0.130. The summed E-state index contributed by atoms with van der Waals surface area (Å²) in [6.45, 7) is 6.14. The van der Waals surface area contributed by atoms with Gasteiger partial charge >= 0.3 is 5.97 Å². The first-order valence-corrected chi connectivity index (χ1v) is 20.9. The second kappa shape index (κ2) is 17.1. The molecular formula is C35H54N3O12S2+. The number of aliphatic carboxylic acids is 1. The lowest BCUT2D eigenvalue weighted by molar-refractivity contribution is -0.371. The summed E-state index contributed by atoms with van der Waals surface area (Å²) in [7, 11) is 2.89. The minimum atomic E-state index is -2.48. The molecule has 6 rings (SSSR count). The van der Waals surface area contributed by atoms with Crippen molar-refractivity contribution in [2.45, 2.75) is 126 Å². The summed E-state index contributed by atoms with van der Waals surface area (Å²) < 4.78 is 24.5. The lowest BCUT2D eigenvalue weighted by Crippen LogP contribution is -2.75. The Kier molecular flexibility index (Phi) is 13.2. The van der Waals surface area contributed by atoms with E-state index in [1.807, 2.05) is 12.3 Å². The van der Waals surface area contributed by atoms with Crippen molar-refractivity contribution in [2.24, 2.45) is 46.2 Å². The van der Waals surface area contributed by atoms with Crippen molar-refractivity contribution in [1.29, 1.82) is 0 Å². The molecule has 4 aliphatic heterocycles. The molecule has 0 bridgehead atoms. The van der Waals surface area contributed by atoms with Crippen LogP contribution in [0.5, 0.6) is 0 Å². The zero-order valence-corrected chi connectivity index (χ0v) is 31.1. The number of ether oxygens (including phenoxy) is 4. The molecule has 3 saturated heterocycles. The van der Waals surface area contributed by atoms with E-state index in [2.05, 4.69) is 24.2 Å². The number of hydrogen-bond acceptors (Lipinski definition) is 15. The number of nitrogens with zero attached hydrogens (tertiary/aromatic N) is 1. The molecule has 2 saturated carbocycles. The Labute approximate surface area is 311 Å². The molecular weight excluding hydrogens is 719 g/mol. The van der Waals surface area contributed by atoms with E-state index in [4.69, 9.17) is 24.7 Å². The average Bonchev–Trinajstić information content (AvgIpc) is 3.64. The first kappa shape index (κ1) is 40.2. The molecule has 0 spiro atoms. The molecule has 17 heteroatoms. The standard InChI is InChI=1S/C35H53N3O12S2/c1-16(2)22-13-38-33(45)35(46)30(47-15-52-51-14-23(22)18-9-10-37-12-18)27(41)29(32(43)44)50-34(35)48-20-7-8-21-24(11-20)49-28(31(36)42)25(26(21)40)17-3-5-19(39)6-4-17/h9-10,12,16-17,19-30,33-34,38-41,45-46H,3-8,11,13-15H2,1-2H3,(H2-,36,42,43,44)/p+1/t17?,19?,20?,21?,22-,23-,24?,25?,26?,27-,28?,29+,30+,33-,34-,35-/m1/s1. The van der Waals surface area contributed by atoms with Gasteiger partial charge in [0.25, 0.3) is 0 Å². The lowest BCUT2D eigenvalue weighted by Gasteiger charge is -2.53. The number of amides is 1. The minimum Gasteiger partial charge on any atom is -0.479 e. The van der Waals surface area contributed by atoms with Crippen LogP contribution in [0.4, 0.5) is 0 Å². The number of carbonyl (C=O) groups is 2. The largest absolute Gasteiger partial charge is 0.479 e. The van der Waals surface area contributed by atoms with Gasteiger partial charge in [-0.2, -0.15) is 0 Å². The fourth-order valence-corrected chi connectivity index (χ4v) is 11.3. The third-order valence-electron chi connectivity index (χ3n) is 12.1. The molecule has 292 valence electrons. The van der Waals surface area contributed by atoms with Crippen molar-refractivity contribution in [3.05, 3.63) is 18.2 Å². The van der Waals surface area contributed by atoms with Crippen LogP contribution in [0.25, 0.3) is 0 Å². The van der Waals surface area contributed by atoms with Crippen LogP contribution in [0.3, 0.4) is 0 Å². The smallest absolute Gasteiger partial charge is 0.335 e. The Morgan fingerprint density at radius 1 is 1.06 bits per heavy atom. The number of fused-ring (bicyclic) bond motifs is 2. The number of carboxylic acid groups (broad SMARTS) is 1. The number of aliphatic hydroxyl groups excluding tert-OH is 4. The Balaban J connectivity index is 1.23. The molecule has 4 heterocycles. The zero-order chi connectivity index (χ0) is 37.3. The molecule has 6 unspecified atom stereocenters. The Hall–Kier alpha value is -1.48. The molecule has 6 aliphatic rings. The molecule has 1 amide bonds. The van der Waals surface area contributed by atoms with Gasteiger partial charge in [0.1, 0.15) is 42.6 Å². The second-order valence-electron chi connectivity index (χ2n) is 15.5. The van der Waals surface area contributed by atoms with Crippen molar-refractivity contribution in [3.8, 4) is 0 Å². The highest BCUT2D eigenvalue weighted by molar-refractivity contribution is 8.76. The summed E-state index contributed by atoms with van der Waals surface area (Å²) in [6.07, 6.45) is -5.44. The highest BCUT2D eigenvalue weighted by Gasteiger charge is 2.63. The van der Waals surface area contributed by atoms with Crippen molar-refractivity contribution >= 4 is 39.7 Å². The van der Waals surface area contributed by atoms with Crippen LogP contribution in [-0.2, 0) is 28.5 Å². The molecule has 5 fully saturated rings. The van der Waals surface area contributed by atoms with Crippen LogP contribution in [0, 0.1) is 42.1 Å². The number of primary amides is 1. The number of allylic oxidation sites excluding steroid dienone is 1. The lowest BCUT2D eigenvalue weighted by atomic mass is 9.66. The first-order valence-electron chi connectivity index (χ1n) is 18.4. The third-order valence-corrected chi connectivity index (χ3v) is 14.2. The van der Waals surface area contributed by atoms with Gasteiger partial charge in [0.15, 0.2) is 24.2 Å². The first-order chi connectivity index (χ1) is 24.8. The fourth-order valence-electron chi connectivity index (χ4n) is 9.22. The van der Waals surface area contributed by atoms with E-state index in [0.717, 1.165) is 5.57 Å². The van der Waals surface area contributed by atoms with Crippen LogP contribution >= 0.6 is 21.6 Å². The van der Waals surface area contributed by atoms with E-state index >= 15 is 0 Å². The number of aliphatic imine (C=N–C) groups is 1. The minimum absolute atomic E-state index is 0.0132. The maximum Gasteiger partial charge on any atom is 0.335 e. The molecule has 2 aliphatic carbocycles.